The Labute approximate surface area is 160 Å². The summed E-state index contributed by atoms with van der Waals surface area (Å²) < 4.78 is 33.5. The molecule has 3 aliphatic rings. The molecule has 1 unspecified atom stereocenters. The summed E-state index contributed by atoms with van der Waals surface area (Å²) in [5.41, 5.74) is 0.352. The summed E-state index contributed by atoms with van der Waals surface area (Å²) >= 11 is 0. The fraction of sp³-hybridized carbons (Fsp3) is 0.778. The number of nitrogens with zero attached hydrogens (tertiary/aromatic N) is 3. The van der Waals surface area contributed by atoms with Crippen LogP contribution in [0.4, 0.5) is 4.79 Å². The van der Waals surface area contributed by atoms with Gasteiger partial charge in [-0.25, -0.2) is 18.2 Å². The zero-order chi connectivity index (χ0) is 19.4. The van der Waals surface area contributed by atoms with E-state index in [-0.39, 0.29) is 18.2 Å². The van der Waals surface area contributed by atoms with Gasteiger partial charge in [0.25, 0.3) is 0 Å². The van der Waals surface area contributed by atoms with Gasteiger partial charge in [0.15, 0.2) is 0 Å². The molecule has 150 valence electrons. The number of rotatable bonds is 3. The molecule has 0 aromatic carbocycles. The molecule has 1 aliphatic carbocycles. The fourth-order valence-corrected chi connectivity index (χ4v) is 6.46. The fourth-order valence-electron chi connectivity index (χ4n) is 4.21. The number of carbonyl (C=O) groups excluding carboxylic acids is 1. The summed E-state index contributed by atoms with van der Waals surface area (Å²) in [6.07, 6.45) is 4.35. The van der Waals surface area contributed by atoms with Crippen molar-refractivity contribution in [3.8, 4) is 0 Å². The second kappa shape index (κ2) is 6.20. The van der Waals surface area contributed by atoms with Crippen LogP contribution in [0.1, 0.15) is 51.4 Å². The van der Waals surface area contributed by atoms with Crippen LogP contribution in [-0.4, -0.2) is 64.7 Å². The van der Waals surface area contributed by atoms with Crippen LogP contribution in [-0.2, 0) is 26.7 Å². The monoisotopic (exact) mass is 396 g/mol. The lowest BCUT2D eigenvalue weighted by atomic mass is 9.88. The van der Waals surface area contributed by atoms with E-state index >= 15 is 0 Å². The molecule has 1 saturated carbocycles. The van der Waals surface area contributed by atoms with Crippen molar-refractivity contribution >= 4 is 16.1 Å². The molecule has 1 spiro atoms. The van der Waals surface area contributed by atoms with Crippen molar-refractivity contribution in [2.24, 2.45) is 5.92 Å². The molecule has 1 amide bonds. The zero-order valence-electron chi connectivity index (χ0n) is 16.2. The zero-order valence-corrected chi connectivity index (χ0v) is 17.0. The highest BCUT2D eigenvalue weighted by Gasteiger charge is 2.55. The maximum Gasteiger partial charge on any atom is 0.410 e. The lowest BCUT2D eigenvalue weighted by Gasteiger charge is -2.42. The Bertz CT molecular complexity index is 840. The molecule has 1 N–H and O–H groups in total. The van der Waals surface area contributed by atoms with E-state index in [4.69, 9.17) is 4.74 Å². The van der Waals surface area contributed by atoms with Crippen LogP contribution in [0.5, 0.6) is 0 Å². The van der Waals surface area contributed by atoms with Gasteiger partial charge in [-0.15, -0.1) is 0 Å². The Hall–Kier alpha value is -1.61. The number of sulfonamides is 1. The van der Waals surface area contributed by atoms with E-state index in [1.54, 1.807) is 15.5 Å². The van der Waals surface area contributed by atoms with Crippen LogP contribution in [0.3, 0.4) is 0 Å². The molecule has 8 nitrogen and oxygen atoms in total. The summed E-state index contributed by atoms with van der Waals surface area (Å²) in [4.78, 5) is 21.8. The molecule has 3 heterocycles. The average molecular weight is 397 g/mol. The maximum absolute atomic E-state index is 13.2. The van der Waals surface area contributed by atoms with E-state index in [2.05, 4.69) is 9.97 Å². The van der Waals surface area contributed by atoms with Crippen LogP contribution >= 0.6 is 0 Å². The van der Waals surface area contributed by atoms with Gasteiger partial charge in [-0.3, -0.25) is 0 Å². The van der Waals surface area contributed by atoms with Gasteiger partial charge in [-0.05, 0) is 46.0 Å². The Balaban J connectivity index is 1.65. The number of hydrogen-bond donors (Lipinski definition) is 1. The molecular weight excluding hydrogens is 368 g/mol. The SMILES string of the molecule is CC(C)(C)OC(=O)N1CCC2(C1)c1nc[nH]c1CCN2S(=O)(=O)CC1CC1. The highest BCUT2D eigenvalue weighted by atomic mass is 32.2. The second-order valence-corrected chi connectivity index (χ2v) is 10.9. The minimum atomic E-state index is -3.42. The Morgan fingerprint density at radius 3 is 2.78 bits per heavy atom. The molecule has 1 aromatic heterocycles. The van der Waals surface area contributed by atoms with Crippen LogP contribution in [0, 0.1) is 5.92 Å². The number of carbonyl (C=O) groups is 1. The van der Waals surface area contributed by atoms with Crippen LogP contribution in [0.25, 0.3) is 0 Å². The summed E-state index contributed by atoms with van der Waals surface area (Å²) in [5.74, 6) is 0.469. The van der Waals surface area contributed by atoms with Crippen LogP contribution in [0.2, 0.25) is 0 Å². The van der Waals surface area contributed by atoms with E-state index < -0.39 is 27.3 Å². The van der Waals surface area contributed by atoms with E-state index in [9.17, 15) is 13.2 Å². The molecule has 0 bridgehead atoms. The van der Waals surface area contributed by atoms with Gasteiger partial charge in [-0.1, -0.05) is 0 Å². The second-order valence-electron chi connectivity index (χ2n) is 8.96. The third kappa shape index (κ3) is 3.47. The van der Waals surface area contributed by atoms with Gasteiger partial charge in [0.2, 0.25) is 10.0 Å². The standard InChI is InChI=1S/C18H28N4O4S/c1-17(2,3)26-16(23)21-9-7-18(11-21)15-14(19-12-20-15)6-8-22(18)27(24,25)10-13-4-5-13/h12-13H,4-11H2,1-3H3,(H,19,20). The summed E-state index contributed by atoms with van der Waals surface area (Å²) in [6, 6.07) is 0. The first-order chi connectivity index (χ1) is 12.6. The molecule has 1 saturated heterocycles. The number of aromatic nitrogens is 2. The lowest BCUT2D eigenvalue weighted by Crippen LogP contribution is -2.56. The number of H-pyrrole nitrogens is 1. The third-order valence-corrected chi connectivity index (χ3v) is 7.68. The molecule has 27 heavy (non-hydrogen) atoms. The molecule has 1 atom stereocenters. The lowest BCUT2D eigenvalue weighted by molar-refractivity contribution is 0.0261. The number of ether oxygens (including phenoxy) is 1. The molecule has 4 rings (SSSR count). The van der Waals surface area contributed by atoms with Crippen molar-refractivity contribution in [1.82, 2.24) is 19.2 Å². The van der Waals surface area contributed by atoms with Crippen molar-refractivity contribution in [2.75, 3.05) is 25.4 Å². The van der Waals surface area contributed by atoms with E-state index in [0.29, 0.717) is 25.9 Å². The topological polar surface area (TPSA) is 95.6 Å². The first-order valence-electron chi connectivity index (χ1n) is 9.62. The Morgan fingerprint density at radius 1 is 1.37 bits per heavy atom. The number of nitrogens with one attached hydrogen (secondary N) is 1. The van der Waals surface area contributed by atoms with Gasteiger partial charge in [0, 0.05) is 31.7 Å². The van der Waals surface area contributed by atoms with Gasteiger partial charge >= 0.3 is 6.09 Å². The van der Waals surface area contributed by atoms with E-state index in [1.807, 2.05) is 20.8 Å². The summed E-state index contributed by atoms with van der Waals surface area (Å²) in [5, 5.41) is 0. The van der Waals surface area contributed by atoms with Gasteiger partial charge in [0.05, 0.1) is 23.3 Å². The number of imidazole rings is 1. The number of likely N-dealkylation sites (tertiary alicyclic amines) is 1. The van der Waals surface area contributed by atoms with Gasteiger partial charge in [0.1, 0.15) is 5.60 Å². The molecule has 9 heteroatoms. The number of amides is 1. The van der Waals surface area contributed by atoms with Crippen molar-refractivity contribution < 1.29 is 17.9 Å². The third-order valence-electron chi connectivity index (χ3n) is 5.58. The molecular formula is C18H28N4O4S. The number of hydrogen-bond acceptors (Lipinski definition) is 5. The van der Waals surface area contributed by atoms with E-state index in [1.165, 1.54) is 0 Å². The molecule has 2 fully saturated rings. The highest BCUT2D eigenvalue weighted by Crippen LogP contribution is 2.44. The summed E-state index contributed by atoms with van der Waals surface area (Å²) in [6.45, 7) is 6.65. The molecule has 1 aromatic rings. The smallest absolute Gasteiger partial charge is 0.410 e. The largest absolute Gasteiger partial charge is 0.444 e. The van der Waals surface area contributed by atoms with Crippen molar-refractivity contribution in [3.05, 3.63) is 17.7 Å². The van der Waals surface area contributed by atoms with Gasteiger partial charge in [-0.2, -0.15) is 4.31 Å². The maximum atomic E-state index is 13.2. The Morgan fingerprint density at radius 2 is 2.11 bits per heavy atom. The van der Waals surface area contributed by atoms with E-state index in [0.717, 1.165) is 24.2 Å². The first-order valence-corrected chi connectivity index (χ1v) is 11.2. The van der Waals surface area contributed by atoms with Crippen LogP contribution in [0.15, 0.2) is 6.33 Å². The minimum Gasteiger partial charge on any atom is -0.444 e. The Kier molecular flexibility index (Phi) is 4.30. The average Bonchev–Trinajstić information content (AvgIpc) is 3.06. The van der Waals surface area contributed by atoms with Crippen molar-refractivity contribution in [2.45, 2.75) is 57.6 Å². The van der Waals surface area contributed by atoms with Crippen molar-refractivity contribution in [1.29, 1.82) is 0 Å². The minimum absolute atomic E-state index is 0.195. The highest BCUT2D eigenvalue weighted by molar-refractivity contribution is 7.89. The first kappa shape index (κ1) is 18.7. The predicted molar refractivity (Wildman–Crippen MR) is 99.6 cm³/mol. The molecule has 0 radical (unpaired) electrons. The predicted octanol–water partition coefficient (Wildman–Crippen LogP) is 1.84. The van der Waals surface area contributed by atoms with Crippen molar-refractivity contribution in [3.63, 3.8) is 0 Å². The number of aromatic amines is 1. The normalized spacial score (nSPS) is 26.4. The van der Waals surface area contributed by atoms with Gasteiger partial charge < -0.3 is 14.6 Å². The summed E-state index contributed by atoms with van der Waals surface area (Å²) in [7, 11) is -3.42. The quantitative estimate of drug-likeness (QED) is 0.841. The number of fused-ring (bicyclic) bond motifs is 2. The molecule has 2 aliphatic heterocycles. The van der Waals surface area contributed by atoms with Crippen LogP contribution < -0.4 is 0 Å².